The number of rotatable bonds is 9. The molecule has 174 valence electrons. The van der Waals surface area contributed by atoms with Gasteiger partial charge in [-0.1, -0.05) is 30.3 Å². The maximum absolute atomic E-state index is 12.2. The molecule has 0 aliphatic rings. The van der Waals surface area contributed by atoms with Gasteiger partial charge in [-0.15, -0.1) is 0 Å². The summed E-state index contributed by atoms with van der Waals surface area (Å²) < 4.78 is 27.7. The van der Waals surface area contributed by atoms with Crippen molar-refractivity contribution in [1.29, 1.82) is 0 Å². The van der Waals surface area contributed by atoms with Crippen molar-refractivity contribution < 1.29 is 33.6 Å². The number of aromatic carboxylic acids is 1. The van der Waals surface area contributed by atoms with Crippen molar-refractivity contribution in [2.45, 2.75) is 13.3 Å². The summed E-state index contributed by atoms with van der Waals surface area (Å²) in [6.07, 6.45) is 0.401. The number of hydrogen-bond acceptors (Lipinski definition) is 6. The van der Waals surface area contributed by atoms with Gasteiger partial charge in [-0.2, -0.15) is 0 Å². The van der Waals surface area contributed by atoms with Gasteiger partial charge in [-0.25, -0.2) is 4.79 Å². The molecule has 0 aliphatic heterocycles. The van der Waals surface area contributed by atoms with Crippen LogP contribution < -0.4 is 23.7 Å². The van der Waals surface area contributed by atoms with Crippen LogP contribution in [0.25, 0.3) is 11.1 Å². The SMILES string of the molecule is COc1ccccc1-c1ccc(Cc2c(C)c(OC)c(OC)c(OC)c2OC)cc1C(=O)O. The Morgan fingerprint density at radius 2 is 1.36 bits per heavy atom. The maximum Gasteiger partial charge on any atom is 0.336 e. The quantitative estimate of drug-likeness (QED) is 0.489. The molecule has 0 amide bonds. The molecular formula is C26H28O7. The average molecular weight is 453 g/mol. The monoisotopic (exact) mass is 452 g/mol. The highest BCUT2D eigenvalue weighted by Crippen LogP contribution is 2.50. The van der Waals surface area contributed by atoms with E-state index in [2.05, 4.69) is 0 Å². The lowest BCUT2D eigenvalue weighted by molar-refractivity contribution is 0.0697. The van der Waals surface area contributed by atoms with E-state index in [1.165, 1.54) is 14.2 Å². The van der Waals surface area contributed by atoms with E-state index in [0.717, 1.165) is 16.7 Å². The number of ether oxygens (including phenoxy) is 5. The van der Waals surface area contributed by atoms with Gasteiger partial charge in [0.1, 0.15) is 5.75 Å². The van der Waals surface area contributed by atoms with Crippen LogP contribution >= 0.6 is 0 Å². The van der Waals surface area contributed by atoms with E-state index in [-0.39, 0.29) is 5.56 Å². The Labute approximate surface area is 193 Å². The highest BCUT2D eigenvalue weighted by atomic mass is 16.5. The number of para-hydroxylation sites is 1. The van der Waals surface area contributed by atoms with Gasteiger partial charge >= 0.3 is 5.97 Å². The molecule has 0 fully saturated rings. The van der Waals surface area contributed by atoms with Crippen molar-refractivity contribution in [3.8, 4) is 39.9 Å². The lowest BCUT2D eigenvalue weighted by atomic mass is 9.92. The molecule has 0 bridgehead atoms. The van der Waals surface area contributed by atoms with E-state index in [4.69, 9.17) is 23.7 Å². The van der Waals surface area contributed by atoms with Crippen molar-refractivity contribution in [2.24, 2.45) is 0 Å². The fourth-order valence-electron chi connectivity index (χ4n) is 4.05. The van der Waals surface area contributed by atoms with Crippen LogP contribution in [0.5, 0.6) is 28.7 Å². The highest BCUT2D eigenvalue weighted by Gasteiger charge is 2.26. The summed E-state index contributed by atoms with van der Waals surface area (Å²) in [6, 6.07) is 12.7. The predicted octanol–water partition coefficient (Wildman–Crippen LogP) is 4.99. The van der Waals surface area contributed by atoms with Crippen LogP contribution in [0.15, 0.2) is 42.5 Å². The normalized spacial score (nSPS) is 10.5. The van der Waals surface area contributed by atoms with Gasteiger partial charge in [0, 0.05) is 23.1 Å². The third kappa shape index (κ3) is 4.39. The first-order valence-electron chi connectivity index (χ1n) is 10.3. The molecule has 1 N–H and O–H groups in total. The van der Waals surface area contributed by atoms with Crippen molar-refractivity contribution in [2.75, 3.05) is 35.5 Å². The number of hydrogen-bond donors (Lipinski definition) is 1. The van der Waals surface area contributed by atoms with Gasteiger partial charge in [-0.3, -0.25) is 0 Å². The molecule has 0 aromatic heterocycles. The Hall–Kier alpha value is -3.87. The third-order valence-electron chi connectivity index (χ3n) is 5.59. The van der Waals surface area contributed by atoms with Crippen LogP contribution in [0.2, 0.25) is 0 Å². The highest BCUT2D eigenvalue weighted by molar-refractivity contribution is 5.97. The second-order valence-electron chi connectivity index (χ2n) is 7.30. The fourth-order valence-corrected chi connectivity index (χ4v) is 4.05. The number of methoxy groups -OCH3 is 5. The van der Waals surface area contributed by atoms with Crippen LogP contribution in [-0.2, 0) is 6.42 Å². The Morgan fingerprint density at radius 1 is 0.758 bits per heavy atom. The smallest absolute Gasteiger partial charge is 0.336 e. The lowest BCUT2D eigenvalue weighted by Gasteiger charge is -2.22. The number of benzene rings is 3. The maximum atomic E-state index is 12.2. The summed E-state index contributed by atoms with van der Waals surface area (Å²) in [6.45, 7) is 1.90. The van der Waals surface area contributed by atoms with Crippen molar-refractivity contribution >= 4 is 5.97 Å². The second-order valence-corrected chi connectivity index (χ2v) is 7.30. The van der Waals surface area contributed by atoms with Crippen molar-refractivity contribution in [3.05, 3.63) is 64.7 Å². The standard InChI is InChI=1S/C26H28O7/c1-15-19(23(31-4)25(33-6)24(32-5)22(15)30-3)13-16-11-12-17(20(14-16)26(27)28)18-9-7-8-10-21(18)29-2/h7-12,14H,13H2,1-6H3,(H,27,28). The molecule has 33 heavy (non-hydrogen) atoms. The van der Waals surface area contributed by atoms with Crippen LogP contribution in [0.1, 0.15) is 27.0 Å². The van der Waals surface area contributed by atoms with Crippen LogP contribution in [0, 0.1) is 6.92 Å². The first kappa shape index (κ1) is 23.8. The van der Waals surface area contributed by atoms with Gasteiger partial charge in [0.2, 0.25) is 11.5 Å². The minimum Gasteiger partial charge on any atom is -0.496 e. The van der Waals surface area contributed by atoms with Gasteiger partial charge in [-0.05, 0) is 30.2 Å². The van der Waals surface area contributed by atoms with E-state index in [0.29, 0.717) is 46.3 Å². The van der Waals surface area contributed by atoms with E-state index >= 15 is 0 Å². The molecule has 0 aliphatic carbocycles. The molecule has 0 unspecified atom stereocenters. The summed E-state index contributed by atoms with van der Waals surface area (Å²) in [7, 11) is 7.75. The van der Waals surface area contributed by atoms with Gasteiger partial charge < -0.3 is 28.8 Å². The molecule has 7 heteroatoms. The molecule has 0 atom stereocenters. The van der Waals surface area contributed by atoms with E-state index in [1.807, 2.05) is 31.2 Å². The van der Waals surface area contributed by atoms with E-state index < -0.39 is 5.97 Å². The minimum atomic E-state index is -1.02. The molecule has 0 saturated carbocycles. The molecule has 0 radical (unpaired) electrons. The number of carboxylic acid groups (broad SMARTS) is 1. The molecule has 3 rings (SSSR count). The Balaban J connectivity index is 2.17. The molecule has 3 aromatic carbocycles. The first-order chi connectivity index (χ1) is 15.9. The minimum absolute atomic E-state index is 0.182. The molecule has 0 spiro atoms. The van der Waals surface area contributed by atoms with Crippen LogP contribution in [0.3, 0.4) is 0 Å². The average Bonchev–Trinajstić information content (AvgIpc) is 2.84. The number of carboxylic acids is 1. The molecular weight excluding hydrogens is 424 g/mol. The summed E-state index contributed by atoms with van der Waals surface area (Å²) in [5.74, 6) is 1.49. The van der Waals surface area contributed by atoms with Gasteiger partial charge in [0.05, 0.1) is 41.1 Å². The Bertz CT molecular complexity index is 1170. The molecule has 0 saturated heterocycles. The Kier molecular flexibility index (Phi) is 7.33. The second kappa shape index (κ2) is 10.2. The van der Waals surface area contributed by atoms with Crippen molar-refractivity contribution in [1.82, 2.24) is 0 Å². The molecule has 3 aromatic rings. The van der Waals surface area contributed by atoms with Gasteiger partial charge in [0.25, 0.3) is 0 Å². The first-order valence-corrected chi connectivity index (χ1v) is 10.3. The Morgan fingerprint density at radius 3 is 1.94 bits per heavy atom. The van der Waals surface area contributed by atoms with Crippen molar-refractivity contribution in [3.63, 3.8) is 0 Å². The third-order valence-corrected chi connectivity index (χ3v) is 5.59. The summed E-state index contributed by atoms with van der Waals surface area (Å²) in [4.78, 5) is 12.2. The van der Waals surface area contributed by atoms with Crippen LogP contribution in [-0.4, -0.2) is 46.6 Å². The zero-order valence-corrected chi connectivity index (χ0v) is 19.6. The predicted molar refractivity (Wildman–Crippen MR) is 126 cm³/mol. The summed E-state index contributed by atoms with van der Waals surface area (Å²) in [5, 5.41) is 9.95. The zero-order valence-electron chi connectivity index (χ0n) is 19.6. The molecule has 0 heterocycles. The van der Waals surface area contributed by atoms with Crippen LogP contribution in [0.4, 0.5) is 0 Å². The number of carbonyl (C=O) groups is 1. The van der Waals surface area contributed by atoms with E-state index in [1.54, 1.807) is 39.5 Å². The molecule has 7 nitrogen and oxygen atoms in total. The summed E-state index contributed by atoms with van der Waals surface area (Å²) in [5.41, 5.74) is 3.90. The summed E-state index contributed by atoms with van der Waals surface area (Å²) >= 11 is 0. The zero-order chi connectivity index (χ0) is 24.1. The van der Waals surface area contributed by atoms with E-state index in [9.17, 15) is 9.90 Å². The lowest BCUT2D eigenvalue weighted by Crippen LogP contribution is -2.06. The van der Waals surface area contributed by atoms with Gasteiger partial charge in [0.15, 0.2) is 11.5 Å². The fraction of sp³-hybridized carbons (Fsp3) is 0.269. The largest absolute Gasteiger partial charge is 0.496 e. The topological polar surface area (TPSA) is 83.5 Å².